The minimum atomic E-state index is -0.160. The van der Waals surface area contributed by atoms with E-state index in [1.807, 2.05) is 19.1 Å². The van der Waals surface area contributed by atoms with E-state index in [1.54, 1.807) is 21.6 Å². The Kier molecular flexibility index (Phi) is 10.3. The van der Waals surface area contributed by atoms with Gasteiger partial charge >= 0.3 is 0 Å². The molecule has 0 aromatic carbocycles. The van der Waals surface area contributed by atoms with Crippen molar-refractivity contribution in [2.45, 2.75) is 79.1 Å². The van der Waals surface area contributed by atoms with Crippen LogP contribution in [0.25, 0.3) is 11.7 Å². The van der Waals surface area contributed by atoms with Gasteiger partial charge in [-0.25, -0.2) is 4.98 Å². The SMILES string of the molecule is CCCCCCCCN1C(=O)C(=Cc2c(N(CCC)CCC)nc3c(C)cccn3c2=O)SC1=S. The first kappa shape index (κ1) is 27.4. The van der Waals surface area contributed by atoms with Crippen LogP contribution in [0.2, 0.25) is 0 Å². The van der Waals surface area contributed by atoms with Gasteiger partial charge in [-0.05, 0) is 43.9 Å². The van der Waals surface area contributed by atoms with E-state index in [9.17, 15) is 9.59 Å². The Bertz CT molecular complexity index is 1140. The number of aryl methyl sites for hydroxylation is 1. The van der Waals surface area contributed by atoms with Gasteiger partial charge in [0.2, 0.25) is 0 Å². The highest BCUT2D eigenvalue weighted by atomic mass is 32.2. The van der Waals surface area contributed by atoms with Crippen LogP contribution in [0.3, 0.4) is 0 Å². The minimum Gasteiger partial charge on any atom is -0.356 e. The van der Waals surface area contributed by atoms with Crippen LogP contribution in [0, 0.1) is 6.92 Å². The monoisotopic (exact) mass is 514 g/mol. The zero-order chi connectivity index (χ0) is 25.4. The number of hydrogen-bond acceptors (Lipinski definition) is 6. The summed E-state index contributed by atoms with van der Waals surface area (Å²) in [6.07, 6.45) is 12.3. The van der Waals surface area contributed by atoms with Gasteiger partial charge in [0.1, 0.15) is 15.8 Å². The molecule has 2 aromatic heterocycles. The average molecular weight is 515 g/mol. The van der Waals surface area contributed by atoms with E-state index in [-0.39, 0.29) is 11.5 Å². The third-order valence-corrected chi connectivity index (χ3v) is 7.61. The lowest BCUT2D eigenvalue weighted by Crippen LogP contribution is -2.31. The summed E-state index contributed by atoms with van der Waals surface area (Å²) in [6, 6.07) is 3.81. The third kappa shape index (κ3) is 6.53. The zero-order valence-corrected chi connectivity index (χ0v) is 23.1. The molecule has 2 aromatic rings. The Balaban J connectivity index is 1.96. The van der Waals surface area contributed by atoms with Gasteiger partial charge in [0.05, 0.1) is 10.5 Å². The first-order chi connectivity index (χ1) is 16.9. The summed E-state index contributed by atoms with van der Waals surface area (Å²) in [4.78, 5) is 36.2. The smallest absolute Gasteiger partial charge is 0.267 e. The number of fused-ring (bicyclic) bond motifs is 1. The summed E-state index contributed by atoms with van der Waals surface area (Å²) >= 11 is 6.83. The number of thioether (sulfide) groups is 1. The van der Waals surface area contributed by atoms with Crippen molar-refractivity contribution in [1.82, 2.24) is 14.3 Å². The third-order valence-electron chi connectivity index (χ3n) is 6.24. The van der Waals surface area contributed by atoms with E-state index in [0.29, 0.717) is 32.8 Å². The fraction of sp³-hybridized carbons (Fsp3) is 0.556. The van der Waals surface area contributed by atoms with Crippen LogP contribution in [-0.4, -0.2) is 44.1 Å². The van der Waals surface area contributed by atoms with Crippen molar-refractivity contribution in [3.63, 3.8) is 0 Å². The number of unbranched alkanes of at least 4 members (excludes halogenated alkanes) is 5. The molecule has 0 atom stereocenters. The Hall–Kier alpha value is -2.19. The molecule has 0 bridgehead atoms. The molecule has 1 saturated heterocycles. The number of carbonyl (C=O) groups excluding carboxylic acids is 1. The normalized spacial score (nSPS) is 15.1. The van der Waals surface area contributed by atoms with Crippen molar-refractivity contribution in [3.8, 4) is 0 Å². The number of amides is 1. The lowest BCUT2D eigenvalue weighted by Gasteiger charge is -2.25. The number of nitrogens with zero attached hydrogens (tertiary/aromatic N) is 4. The standard InChI is InChI=1S/C27H38N4O2S2/c1-5-8-9-10-11-12-17-31-26(33)22(35-27(31)34)19-21-24(29(15-6-2)16-7-3)28-23-20(4)14-13-18-30(23)25(21)32/h13-14,18-19H,5-12,15-17H2,1-4H3. The molecule has 0 unspecified atom stereocenters. The molecule has 0 radical (unpaired) electrons. The largest absolute Gasteiger partial charge is 0.356 e. The Labute approximate surface area is 218 Å². The van der Waals surface area contributed by atoms with E-state index < -0.39 is 0 Å². The molecule has 1 fully saturated rings. The van der Waals surface area contributed by atoms with Crippen molar-refractivity contribution >= 4 is 51.7 Å². The summed E-state index contributed by atoms with van der Waals surface area (Å²) < 4.78 is 2.15. The first-order valence-electron chi connectivity index (χ1n) is 12.9. The van der Waals surface area contributed by atoms with Crippen LogP contribution in [0.15, 0.2) is 28.0 Å². The van der Waals surface area contributed by atoms with Crippen LogP contribution in [0.1, 0.15) is 83.3 Å². The number of anilines is 1. The van der Waals surface area contributed by atoms with Crippen LogP contribution in [-0.2, 0) is 4.79 Å². The topological polar surface area (TPSA) is 57.9 Å². The van der Waals surface area contributed by atoms with E-state index in [4.69, 9.17) is 17.2 Å². The second-order valence-corrected chi connectivity index (χ2v) is 10.8. The predicted octanol–water partition coefficient (Wildman–Crippen LogP) is 6.19. The van der Waals surface area contributed by atoms with Crippen LogP contribution < -0.4 is 10.5 Å². The maximum Gasteiger partial charge on any atom is 0.267 e. The van der Waals surface area contributed by atoms with Gasteiger partial charge in [-0.2, -0.15) is 0 Å². The van der Waals surface area contributed by atoms with E-state index >= 15 is 0 Å². The molecule has 0 N–H and O–H groups in total. The molecular weight excluding hydrogens is 476 g/mol. The van der Waals surface area contributed by atoms with E-state index in [1.165, 1.54) is 37.4 Å². The van der Waals surface area contributed by atoms with E-state index in [2.05, 4.69) is 25.7 Å². The molecule has 1 aliphatic rings. The number of hydrogen-bond donors (Lipinski definition) is 0. The van der Waals surface area contributed by atoms with Gasteiger partial charge in [-0.1, -0.05) is 82.9 Å². The fourth-order valence-electron chi connectivity index (χ4n) is 4.41. The quantitative estimate of drug-likeness (QED) is 0.180. The summed E-state index contributed by atoms with van der Waals surface area (Å²) in [5, 5.41) is 0. The zero-order valence-electron chi connectivity index (χ0n) is 21.5. The second-order valence-electron chi connectivity index (χ2n) is 9.13. The number of aromatic nitrogens is 2. The molecule has 35 heavy (non-hydrogen) atoms. The van der Waals surface area contributed by atoms with E-state index in [0.717, 1.165) is 44.3 Å². The Morgan fingerprint density at radius 3 is 2.40 bits per heavy atom. The molecule has 1 amide bonds. The lowest BCUT2D eigenvalue weighted by molar-refractivity contribution is -0.122. The molecule has 1 aliphatic heterocycles. The van der Waals surface area contributed by atoms with Gasteiger partial charge in [0.25, 0.3) is 11.5 Å². The van der Waals surface area contributed by atoms with Gasteiger partial charge in [0.15, 0.2) is 0 Å². The highest BCUT2D eigenvalue weighted by molar-refractivity contribution is 8.26. The van der Waals surface area contributed by atoms with Gasteiger partial charge < -0.3 is 4.90 Å². The van der Waals surface area contributed by atoms with Crippen molar-refractivity contribution in [3.05, 3.63) is 44.7 Å². The number of pyridine rings is 1. The van der Waals surface area contributed by atoms with Gasteiger partial charge in [-0.15, -0.1) is 0 Å². The lowest BCUT2D eigenvalue weighted by atomic mass is 10.1. The summed E-state index contributed by atoms with van der Waals surface area (Å²) in [5.41, 5.74) is 1.88. The molecule has 3 rings (SSSR count). The summed E-state index contributed by atoms with van der Waals surface area (Å²) in [6.45, 7) is 10.6. The second kappa shape index (κ2) is 13.2. The highest BCUT2D eigenvalue weighted by Gasteiger charge is 2.32. The van der Waals surface area contributed by atoms with Gasteiger partial charge in [-0.3, -0.25) is 18.9 Å². The van der Waals surface area contributed by atoms with Crippen molar-refractivity contribution in [1.29, 1.82) is 0 Å². The van der Waals surface area contributed by atoms with Crippen LogP contribution >= 0.6 is 24.0 Å². The molecule has 3 heterocycles. The van der Waals surface area contributed by atoms with Crippen molar-refractivity contribution in [2.24, 2.45) is 0 Å². The van der Waals surface area contributed by atoms with Gasteiger partial charge in [0, 0.05) is 25.8 Å². The maximum absolute atomic E-state index is 13.7. The number of thiocarbonyl (C=S) groups is 1. The fourth-order valence-corrected chi connectivity index (χ4v) is 5.70. The molecule has 190 valence electrons. The maximum atomic E-state index is 13.7. The number of rotatable bonds is 13. The van der Waals surface area contributed by atoms with Crippen LogP contribution in [0.5, 0.6) is 0 Å². The molecule has 0 saturated carbocycles. The average Bonchev–Trinajstić information content (AvgIpc) is 3.10. The summed E-state index contributed by atoms with van der Waals surface area (Å²) in [5.74, 6) is 0.542. The van der Waals surface area contributed by atoms with Crippen LogP contribution in [0.4, 0.5) is 5.82 Å². The summed E-state index contributed by atoms with van der Waals surface area (Å²) in [7, 11) is 0. The van der Waals surface area contributed by atoms with Crippen molar-refractivity contribution in [2.75, 3.05) is 24.5 Å². The van der Waals surface area contributed by atoms with Crippen molar-refractivity contribution < 1.29 is 4.79 Å². The Morgan fingerprint density at radius 2 is 1.71 bits per heavy atom. The number of carbonyl (C=O) groups is 1. The predicted molar refractivity (Wildman–Crippen MR) is 152 cm³/mol. The molecule has 0 aliphatic carbocycles. The highest BCUT2D eigenvalue weighted by Crippen LogP contribution is 2.34. The molecular formula is C27H38N4O2S2. The Morgan fingerprint density at radius 1 is 1.03 bits per heavy atom. The first-order valence-corrected chi connectivity index (χ1v) is 14.2. The molecule has 6 nitrogen and oxygen atoms in total. The molecule has 8 heteroatoms. The molecule has 0 spiro atoms. The minimum absolute atomic E-state index is 0.106.